The molecule has 94 valence electrons. The summed E-state index contributed by atoms with van der Waals surface area (Å²) in [4.78, 5) is 10.5. The van der Waals surface area contributed by atoms with Crippen molar-refractivity contribution in [3.05, 3.63) is 29.8 Å². The van der Waals surface area contributed by atoms with Gasteiger partial charge in [0.15, 0.2) is 0 Å². The molecule has 0 aliphatic rings. The lowest BCUT2D eigenvalue weighted by Crippen LogP contribution is -2.09. The van der Waals surface area contributed by atoms with Crippen LogP contribution in [0.4, 0.5) is 0 Å². The van der Waals surface area contributed by atoms with Crippen LogP contribution < -0.4 is 4.74 Å². The smallest absolute Gasteiger partial charge is 0.304 e. The molecular formula is C13H17BrO3. The minimum Gasteiger partial charge on any atom is -0.494 e. The number of carboxylic acid groups (broad SMARTS) is 1. The lowest BCUT2D eigenvalue weighted by molar-refractivity contribution is -0.136. The molecule has 0 fully saturated rings. The van der Waals surface area contributed by atoms with E-state index in [9.17, 15) is 4.79 Å². The van der Waals surface area contributed by atoms with Crippen LogP contribution in [0.15, 0.2) is 24.3 Å². The Morgan fingerprint density at radius 1 is 1.41 bits per heavy atom. The SMILES string of the molecule is CCCOc1ccc(CC(Br)CC(=O)O)cc1. The molecular weight excluding hydrogens is 284 g/mol. The van der Waals surface area contributed by atoms with E-state index >= 15 is 0 Å². The largest absolute Gasteiger partial charge is 0.494 e. The van der Waals surface area contributed by atoms with Crippen molar-refractivity contribution in [3.63, 3.8) is 0 Å². The van der Waals surface area contributed by atoms with E-state index < -0.39 is 5.97 Å². The molecule has 0 radical (unpaired) electrons. The summed E-state index contributed by atoms with van der Waals surface area (Å²) in [6.45, 7) is 2.79. The van der Waals surface area contributed by atoms with Crippen LogP contribution in [0.1, 0.15) is 25.3 Å². The van der Waals surface area contributed by atoms with Crippen LogP contribution in [0.5, 0.6) is 5.75 Å². The molecule has 1 N–H and O–H groups in total. The Morgan fingerprint density at radius 3 is 2.59 bits per heavy atom. The van der Waals surface area contributed by atoms with E-state index in [1.807, 2.05) is 24.3 Å². The van der Waals surface area contributed by atoms with Crippen LogP contribution in [0.25, 0.3) is 0 Å². The van der Waals surface area contributed by atoms with Crippen molar-refractivity contribution >= 4 is 21.9 Å². The van der Waals surface area contributed by atoms with Gasteiger partial charge in [0.05, 0.1) is 13.0 Å². The van der Waals surface area contributed by atoms with Gasteiger partial charge in [-0.1, -0.05) is 35.0 Å². The molecule has 17 heavy (non-hydrogen) atoms. The molecule has 1 atom stereocenters. The average molecular weight is 301 g/mol. The number of halogens is 1. The zero-order chi connectivity index (χ0) is 12.7. The van der Waals surface area contributed by atoms with Gasteiger partial charge in [0.25, 0.3) is 0 Å². The number of ether oxygens (including phenoxy) is 1. The number of carboxylic acids is 1. The minimum absolute atomic E-state index is 0.0255. The van der Waals surface area contributed by atoms with Gasteiger partial charge < -0.3 is 9.84 Å². The monoisotopic (exact) mass is 300 g/mol. The highest BCUT2D eigenvalue weighted by Crippen LogP contribution is 2.17. The standard InChI is InChI=1S/C13H17BrO3/c1-2-7-17-12-5-3-10(4-6-12)8-11(14)9-13(15)16/h3-6,11H,2,7-9H2,1H3,(H,15,16). The molecule has 0 saturated heterocycles. The summed E-state index contributed by atoms with van der Waals surface area (Å²) in [5.74, 6) is 0.0785. The number of rotatable bonds is 7. The molecule has 0 saturated carbocycles. The molecule has 0 aliphatic carbocycles. The molecule has 0 bridgehead atoms. The first kappa shape index (κ1) is 14.0. The van der Waals surface area contributed by atoms with Gasteiger partial charge >= 0.3 is 5.97 Å². The van der Waals surface area contributed by atoms with Gasteiger partial charge in [0.1, 0.15) is 5.75 Å². The van der Waals surface area contributed by atoms with E-state index in [1.54, 1.807) is 0 Å². The predicted molar refractivity (Wildman–Crippen MR) is 70.9 cm³/mol. The summed E-state index contributed by atoms with van der Waals surface area (Å²) in [7, 11) is 0. The Labute approximate surface area is 110 Å². The molecule has 0 heterocycles. The maximum atomic E-state index is 10.5. The van der Waals surface area contributed by atoms with Gasteiger partial charge in [0.2, 0.25) is 0 Å². The first-order chi connectivity index (χ1) is 8.11. The normalized spacial score (nSPS) is 12.1. The summed E-state index contributed by atoms with van der Waals surface area (Å²) in [5, 5.41) is 8.65. The molecule has 1 aromatic carbocycles. The molecule has 1 rings (SSSR count). The predicted octanol–water partition coefficient (Wildman–Crippen LogP) is 3.26. The van der Waals surface area contributed by atoms with Gasteiger partial charge in [-0.25, -0.2) is 0 Å². The van der Waals surface area contributed by atoms with Crippen molar-refractivity contribution < 1.29 is 14.6 Å². The second-order valence-corrected chi connectivity index (χ2v) is 5.19. The van der Waals surface area contributed by atoms with Crippen LogP contribution in [0.3, 0.4) is 0 Å². The summed E-state index contributed by atoms with van der Waals surface area (Å²) in [6, 6.07) is 7.79. The van der Waals surface area contributed by atoms with Gasteiger partial charge in [-0.05, 0) is 30.5 Å². The summed E-state index contributed by atoms with van der Waals surface area (Å²) in [5.41, 5.74) is 1.11. The maximum Gasteiger partial charge on any atom is 0.304 e. The quantitative estimate of drug-likeness (QED) is 0.786. The highest BCUT2D eigenvalue weighted by atomic mass is 79.9. The third-order valence-electron chi connectivity index (χ3n) is 2.25. The van der Waals surface area contributed by atoms with Crippen LogP contribution in [0.2, 0.25) is 0 Å². The first-order valence-corrected chi connectivity index (χ1v) is 6.61. The Kier molecular flexibility index (Phi) is 6.05. The highest BCUT2D eigenvalue weighted by Gasteiger charge is 2.10. The number of benzene rings is 1. The second kappa shape index (κ2) is 7.33. The molecule has 0 amide bonds. The fraction of sp³-hybridized carbons (Fsp3) is 0.462. The van der Waals surface area contributed by atoms with E-state index in [0.717, 1.165) is 24.3 Å². The Hall–Kier alpha value is -1.03. The van der Waals surface area contributed by atoms with Gasteiger partial charge in [-0.15, -0.1) is 0 Å². The van der Waals surface area contributed by atoms with E-state index in [2.05, 4.69) is 22.9 Å². The molecule has 0 aromatic heterocycles. The van der Waals surface area contributed by atoms with E-state index in [1.165, 1.54) is 0 Å². The van der Waals surface area contributed by atoms with Crippen molar-refractivity contribution in [1.82, 2.24) is 0 Å². The van der Waals surface area contributed by atoms with Crippen LogP contribution in [-0.2, 0) is 11.2 Å². The van der Waals surface area contributed by atoms with Gasteiger partial charge in [-0.2, -0.15) is 0 Å². The van der Waals surface area contributed by atoms with Crippen LogP contribution in [0, 0.1) is 0 Å². The molecule has 1 unspecified atom stereocenters. The number of alkyl halides is 1. The number of aliphatic carboxylic acids is 1. The van der Waals surface area contributed by atoms with Gasteiger partial charge in [0, 0.05) is 4.83 Å². The Balaban J connectivity index is 2.47. The third-order valence-corrected chi connectivity index (χ3v) is 2.90. The highest BCUT2D eigenvalue weighted by molar-refractivity contribution is 9.09. The second-order valence-electron chi connectivity index (χ2n) is 3.89. The number of carbonyl (C=O) groups is 1. The van der Waals surface area contributed by atoms with Crippen LogP contribution in [-0.4, -0.2) is 22.5 Å². The average Bonchev–Trinajstić information content (AvgIpc) is 2.27. The fourth-order valence-corrected chi connectivity index (χ4v) is 2.11. The van der Waals surface area contributed by atoms with Crippen molar-refractivity contribution in [1.29, 1.82) is 0 Å². The molecule has 3 nitrogen and oxygen atoms in total. The van der Waals surface area contributed by atoms with Crippen molar-refractivity contribution in [2.45, 2.75) is 31.0 Å². The zero-order valence-corrected chi connectivity index (χ0v) is 11.4. The fourth-order valence-electron chi connectivity index (χ4n) is 1.46. The topological polar surface area (TPSA) is 46.5 Å². The lowest BCUT2D eigenvalue weighted by Gasteiger charge is -2.08. The van der Waals surface area contributed by atoms with Crippen molar-refractivity contribution in [2.75, 3.05) is 6.61 Å². The maximum absolute atomic E-state index is 10.5. The minimum atomic E-state index is -0.783. The van der Waals surface area contributed by atoms with E-state index in [4.69, 9.17) is 9.84 Å². The summed E-state index contributed by atoms with van der Waals surface area (Å²) in [6.07, 6.45) is 1.83. The molecule has 4 heteroatoms. The number of hydrogen-bond donors (Lipinski definition) is 1. The van der Waals surface area contributed by atoms with Crippen LogP contribution >= 0.6 is 15.9 Å². The zero-order valence-electron chi connectivity index (χ0n) is 9.86. The lowest BCUT2D eigenvalue weighted by atomic mass is 10.1. The first-order valence-electron chi connectivity index (χ1n) is 5.69. The molecule has 0 aliphatic heterocycles. The number of hydrogen-bond acceptors (Lipinski definition) is 2. The molecule has 1 aromatic rings. The van der Waals surface area contributed by atoms with E-state index in [-0.39, 0.29) is 11.2 Å². The third kappa shape index (κ3) is 5.73. The summed E-state index contributed by atoms with van der Waals surface area (Å²) >= 11 is 3.36. The van der Waals surface area contributed by atoms with Crippen molar-refractivity contribution in [3.8, 4) is 5.75 Å². The molecule has 0 spiro atoms. The van der Waals surface area contributed by atoms with Crippen molar-refractivity contribution in [2.24, 2.45) is 0 Å². The summed E-state index contributed by atoms with van der Waals surface area (Å²) < 4.78 is 5.47. The van der Waals surface area contributed by atoms with Gasteiger partial charge in [-0.3, -0.25) is 4.79 Å². The Bertz CT molecular complexity index is 348. The Morgan fingerprint density at radius 2 is 2.06 bits per heavy atom. The van der Waals surface area contributed by atoms with E-state index in [0.29, 0.717) is 6.42 Å².